The third-order valence-corrected chi connectivity index (χ3v) is 4.12. The van der Waals surface area contributed by atoms with Crippen molar-refractivity contribution in [1.29, 1.82) is 0 Å². The molecule has 0 atom stereocenters. The largest absolute Gasteiger partial charge is 0.352 e. The Labute approximate surface area is 153 Å². The van der Waals surface area contributed by atoms with Crippen LogP contribution < -0.4 is 10.6 Å². The highest BCUT2D eigenvalue weighted by molar-refractivity contribution is 5.84. The molecule has 0 unspecified atom stereocenters. The molecule has 0 radical (unpaired) electrons. The lowest BCUT2D eigenvalue weighted by Gasteiger charge is -2.09. The van der Waals surface area contributed by atoms with E-state index in [1.807, 2.05) is 27.7 Å². The minimum Gasteiger partial charge on any atom is -0.352 e. The highest BCUT2D eigenvalue weighted by Gasteiger charge is 2.07. The average molecular weight is 355 g/mol. The van der Waals surface area contributed by atoms with Crippen LogP contribution in [-0.4, -0.2) is 30.2 Å². The molecule has 0 aromatic heterocycles. The fraction of sp³-hybridized carbons (Fsp3) is 0.850. The zero-order valence-corrected chi connectivity index (χ0v) is 16.7. The normalized spacial score (nSPS) is 11.0. The Kier molecular flexibility index (Phi) is 14.1. The van der Waals surface area contributed by atoms with Crippen molar-refractivity contribution in [3.8, 4) is 0 Å². The number of amides is 2. The van der Waals surface area contributed by atoms with E-state index in [2.05, 4.69) is 10.6 Å². The molecule has 0 fully saturated rings. The summed E-state index contributed by atoms with van der Waals surface area (Å²) in [5.41, 5.74) is 0. The van der Waals surface area contributed by atoms with Crippen molar-refractivity contribution in [2.75, 3.05) is 6.54 Å². The topological polar surface area (TPSA) is 75.3 Å². The summed E-state index contributed by atoms with van der Waals surface area (Å²) in [5, 5.41) is 5.39. The smallest absolute Gasteiger partial charge is 0.239 e. The van der Waals surface area contributed by atoms with Crippen molar-refractivity contribution in [3.05, 3.63) is 0 Å². The Balaban J connectivity index is 3.36. The highest BCUT2D eigenvalue weighted by atomic mass is 16.2. The number of Topliss-reactive ketones (excluding diaryl/α,β-unsaturated/α-hetero) is 1. The second kappa shape index (κ2) is 14.9. The number of rotatable bonds is 15. The van der Waals surface area contributed by atoms with Crippen molar-refractivity contribution in [2.24, 2.45) is 5.92 Å². The second-order valence-electron chi connectivity index (χ2n) is 7.45. The maximum absolute atomic E-state index is 11.6. The molecule has 0 rings (SSSR count). The van der Waals surface area contributed by atoms with Gasteiger partial charge >= 0.3 is 0 Å². The lowest BCUT2D eigenvalue weighted by Crippen LogP contribution is -2.39. The van der Waals surface area contributed by atoms with E-state index < -0.39 is 0 Å². The standard InChI is InChI=1S/C20H38N2O3/c1-16(2)18(23)13-11-9-7-5-6-8-10-12-14-19(24)21-15-20(25)22-17(3)4/h16-17H,5-15H2,1-4H3,(H,21,24)(H,22,25). The van der Waals surface area contributed by atoms with Crippen LogP contribution in [-0.2, 0) is 14.4 Å². The van der Waals surface area contributed by atoms with Gasteiger partial charge in [-0.2, -0.15) is 0 Å². The van der Waals surface area contributed by atoms with Gasteiger partial charge in [0, 0.05) is 24.8 Å². The van der Waals surface area contributed by atoms with Gasteiger partial charge in [0.05, 0.1) is 6.54 Å². The average Bonchev–Trinajstić information content (AvgIpc) is 2.53. The molecule has 5 heteroatoms. The van der Waals surface area contributed by atoms with Crippen LogP contribution in [0.5, 0.6) is 0 Å². The van der Waals surface area contributed by atoms with Gasteiger partial charge in [-0.3, -0.25) is 14.4 Å². The van der Waals surface area contributed by atoms with Crippen LogP contribution in [0.15, 0.2) is 0 Å². The first-order valence-electron chi connectivity index (χ1n) is 9.91. The molecule has 25 heavy (non-hydrogen) atoms. The van der Waals surface area contributed by atoms with Crippen LogP contribution in [0.4, 0.5) is 0 Å². The van der Waals surface area contributed by atoms with Crippen molar-refractivity contribution in [1.82, 2.24) is 10.6 Å². The van der Waals surface area contributed by atoms with Gasteiger partial charge in [0.25, 0.3) is 0 Å². The third kappa shape index (κ3) is 15.9. The number of ketones is 1. The lowest BCUT2D eigenvalue weighted by atomic mass is 10.0. The van der Waals surface area contributed by atoms with Crippen molar-refractivity contribution >= 4 is 17.6 Å². The Hall–Kier alpha value is -1.39. The number of hydrogen-bond donors (Lipinski definition) is 2. The fourth-order valence-electron chi connectivity index (χ4n) is 2.57. The number of hydrogen-bond acceptors (Lipinski definition) is 3. The molecule has 2 N–H and O–H groups in total. The highest BCUT2D eigenvalue weighted by Crippen LogP contribution is 2.12. The fourth-order valence-corrected chi connectivity index (χ4v) is 2.57. The molecule has 0 spiro atoms. The van der Waals surface area contributed by atoms with Crippen molar-refractivity contribution in [2.45, 2.75) is 97.9 Å². The van der Waals surface area contributed by atoms with Crippen LogP contribution in [0.3, 0.4) is 0 Å². The molecule has 5 nitrogen and oxygen atoms in total. The summed E-state index contributed by atoms with van der Waals surface area (Å²) in [6, 6.07) is 0.0973. The first kappa shape index (κ1) is 23.6. The Morgan fingerprint density at radius 3 is 1.64 bits per heavy atom. The first-order chi connectivity index (χ1) is 11.8. The molecular formula is C20H38N2O3. The number of unbranched alkanes of at least 4 members (excludes halogenated alkanes) is 7. The molecule has 0 saturated carbocycles. The third-order valence-electron chi connectivity index (χ3n) is 4.12. The summed E-state index contributed by atoms with van der Waals surface area (Å²) in [5.74, 6) is 0.355. The van der Waals surface area contributed by atoms with Crippen molar-refractivity contribution < 1.29 is 14.4 Å². The van der Waals surface area contributed by atoms with Gasteiger partial charge in [0.2, 0.25) is 11.8 Å². The summed E-state index contributed by atoms with van der Waals surface area (Å²) >= 11 is 0. The van der Waals surface area contributed by atoms with E-state index in [9.17, 15) is 14.4 Å². The van der Waals surface area contributed by atoms with Crippen LogP contribution in [0.25, 0.3) is 0 Å². The maximum atomic E-state index is 11.6. The van der Waals surface area contributed by atoms with E-state index in [-0.39, 0.29) is 30.3 Å². The molecule has 2 amide bonds. The zero-order valence-electron chi connectivity index (χ0n) is 16.7. The SMILES string of the molecule is CC(C)NC(=O)CNC(=O)CCCCCCCCCCC(=O)C(C)C. The van der Waals surface area contributed by atoms with Crippen LogP contribution >= 0.6 is 0 Å². The van der Waals surface area contributed by atoms with Gasteiger partial charge in [0.15, 0.2) is 0 Å². The van der Waals surface area contributed by atoms with E-state index in [4.69, 9.17) is 0 Å². The molecule has 0 aliphatic carbocycles. The molecule has 0 aliphatic heterocycles. The Bertz CT molecular complexity index is 392. The molecule has 0 heterocycles. The van der Waals surface area contributed by atoms with Gasteiger partial charge in [-0.05, 0) is 26.7 Å². The monoisotopic (exact) mass is 354 g/mol. The summed E-state index contributed by atoms with van der Waals surface area (Å²) in [6.07, 6.45) is 10.0. The molecule has 0 aromatic rings. The van der Waals surface area contributed by atoms with E-state index in [1.165, 1.54) is 19.3 Å². The van der Waals surface area contributed by atoms with Gasteiger partial charge in [-0.25, -0.2) is 0 Å². The van der Waals surface area contributed by atoms with Gasteiger partial charge < -0.3 is 10.6 Å². The Morgan fingerprint density at radius 1 is 0.680 bits per heavy atom. The molecule has 146 valence electrons. The summed E-state index contributed by atoms with van der Waals surface area (Å²) < 4.78 is 0. The number of carbonyl (C=O) groups excluding carboxylic acids is 3. The van der Waals surface area contributed by atoms with E-state index in [0.29, 0.717) is 12.2 Å². The predicted molar refractivity (Wildman–Crippen MR) is 102 cm³/mol. The summed E-state index contributed by atoms with van der Waals surface area (Å²) in [6.45, 7) is 7.78. The molecular weight excluding hydrogens is 316 g/mol. The summed E-state index contributed by atoms with van der Waals surface area (Å²) in [7, 11) is 0. The molecule has 0 aliphatic rings. The summed E-state index contributed by atoms with van der Waals surface area (Å²) in [4.78, 5) is 34.5. The zero-order chi connectivity index (χ0) is 19.1. The quantitative estimate of drug-likeness (QED) is 0.440. The van der Waals surface area contributed by atoms with Gasteiger partial charge in [0.1, 0.15) is 5.78 Å². The molecule has 0 bridgehead atoms. The van der Waals surface area contributed by atoms with Crippen molar-refractivity contribution in [3.63, 3.8) is 0 Å². The number of carbonyl (C=O) groups is 3. The number of nitrogens with one attached hydrogen (secondary N) is 2. The van der Waals surface area contributed by atoms with E-state index in [1.54, 1.807) is 0 Å². The first-order valence-corrected chi connectivity index (χ1v) is 9.91. The molecule has 0 aromatic carbocycles. The van der Waals surface area contributed by atoms with E-state index >= 15 is 0 Å². The van der Waals surface area contributed by atoms with Gasteiger partial charge in [-0.1, -0.05) is 52.4 Å². The minimum atomic E-state index is -0.140. The Morgan fingerprint density at radius 2 is 1.16 bits per heavy atom. The van der Waals surface area contributed by atoms with E-state index in [0.717, 1.165) is 38.5 Å². The van der Waals surface area contributed by atoms with Crippen LogP contribution in [0, 0.1) is 5.92 Å². The lowest BCUT2D eigenvalue weighted by molar-refractivity contribution is -0.126. The van der Waals surface area contributed by atoms with Crippen LogP contribution in [0.2, 0.25) is 0 Å². The molecule has 0 saturated heterocycles. The maximum Gasteiger partial charge on any atom is 0.239 e. The van der Waals surface area contributed by atoms with Crippen LogP contribution in [0.1, 0.15) is 91.9 Å². The predicted octanol–water partition coefficient (Wildman–Crippen LogP) is 3.75. The minimum absolute atomic E-state index is 0.0475. The second-order valence-corrected chi connectivity index (χ2v) is 7.45. The van der Waals surface area contributed by atoms with Gasteiger partial charge in [-0.15, -0.1) is 0 Å².